The van der Waals surface area contributed by atoms with Crippen molar-refractivity contribution in [2.75, 3.05) is 20.1 Å². The molecule has 0 radical (unpaired) electrons. The Kier molecular flexibility index (Phi) is 7.69. The van der Waals surface area contributed by atoms with Gasteiger partial charge in [-0.3, -0.25) is 19.2 Å². The second-order valence-electron chi connectivity index (χ2n) is 7.25. The van der Waals surface area contributed by atoms with Gasteiger partial charge in [0.1, 0.15) is 17.9 Å². The van der Waals surface area contributed by atoms with E-state index in [0.29, 0.717) is 19.4 Å². The van der Waals surface area contributed by atoms with Gasteiger partial charge in [-0.15, -0.1) is 0 Å². The van der Waals surface area contributed by atoms with Crippen molar-refractivity contribution >= 4 is 23.6 Å². The third kappa shape index (κ3) is 5.52. The van der Waals surface area contributed by atoms with Gasteiger partial charge in [0, 0.05) is 13.6 Å². The number of amides is 4. The van der Waals surface area contributed by atoms with Crippen molar-refractivity contribution in [2.24, 2.45) is 5.92 Å². The van der Waals surface area contributed by atoms with Crippen LogP contribution in [0.25, 0.3) is 0 Å². The second kappa shape index (κ2) is 9.99. The number of likely N-dealkylation sites (N-methyl/N-ethyl adjacent to an activating group) is 1. The number of nitrogens with one attached hydrogen (secondary N) is 3. The van der Waals surface area contributed by atoms with E-state index in [0.717, 1.165) is 6.07 Å². The lowest BCUT2D eigenvalue weighted by Crippen LogP contribution is -2.53. The van der Waals surface area contributed by atoms with E-state index >= 15 is 0 Å². The first kappa shape index (κ1) is 22.3. The Labute approximate surface area is 169 Å². The minimum absolute atomic E-state index is 0.160. The number of halogens is 1. The molecule has 0 aliphatic carbocycles. The zero-order valence-electron chi connectivity index (χ0n) is 16.8. The van der Waals surface area contributed by atoms with Gasteiger partial charge in [-0.1, -0.05) is 26.0 Å². The first-order valence-electron chi connectivity index (χ1n) is 9.60. The number of likely N-dealkylation sites (tertiary alicyclic amines) is 1. The molecule has 2 rings (SSSR count). The summed E-state index contributed by atoms with van der Waals surface area (Å²) >= 11 is 0. The molecular weight excluding hydrogens is 379 g/mol. The van der Waals surface area contributed by atoms with Crippen molar-refractivity contribution in [1.29, 1.82) is 0 Å². The van der Waals surface area contributed by atoms with Crippen LogP contribution in [-0.4, -0.2) is 60.7 Å². The molecule has 1 aliphatic heterocycles. The maximum atomic E-state index is 13.8. The van der Waals surface area contributed by atoms with Crippen LogP contribution in [0.15, 0.2) is 24.3 Å². The predicted molar refractivity (Wildman–Crippen MR) is 104 cm³/mol. The lowest BCUT2D eigenvalue weighted by molar-refractivity contribution is -0.138. The highest BCUT2D eigenvalue weighted by molar-refractivity contribution is 5.98. The summed E-state index contributed by atoms with van der Waals surface area (Å²) in [4.78, 5) is 50.7. The van der Waals surface area contributed by atoms with E-state index in [4.69, 9.17) is 0 Å². The van der Waals surface area contributed by atoms with Crippen molar-refractivity contribution in [2.45, 2.75) is 38.8 Å². The van der Waals surface area contributed by atoms with Gasteiger partial charge in [0.25, 0.3) is 5.91 Å². The van der Waals surface area contributed by atoms with Gasteiger partial charge < -0.3 is 20.9 Å². The van der Waals surface area contributed by atoms with Crippen LogP contribution < -0.4 is 16.0 Å². The summed E-state index contributed by atoms with van der Waals surface area (Å²) < 4.78 is 13.8. The smallest absolute Gasteiger partial charge is 0.254 e. The van der Waals surface area contributed by atoms with Crippen LogP contribution in [-0.2, 0) is 14.4 Å². The first-order chi connectivity index (χ1) is 13.8. The highest BCUT2D eigenvalue weighted by Gasteiger charge is 2.34. The van der Waals surface area contributed by atoms with Gasteiger partial charge in [-0.25, -0.2) is 4.39 Å². The predicted octanol–water partition coefficient (Wildman–Crippen LogP) is 0.433. The number of hydrogen-bond acceptors (Lipinski definition) is 4. The number of rotatable bonds is 7. The van der Waals surface area contributed by atoms with E-state index in [9.17, 15) is 23.6 Å². The maximum absolute atomic E-state index is 13.8. The lowest BCUT2D eigenvalue weighted by atomic mass is 10.0. The average molecular weight is 406 g/mol. The molecule has 8 nitrogen and oxygen atoms in total. The second-order valence-corrected chi connectivity index (χ2v) is 7.25. The quantitative estimate of drug-likeness (QED) is 0.610. The molecule has 158 valence electrons. The summed E-state index contributed by atoms with van der Waals surface area (Å²) in [6.07, 6.45) is 1.29. The van der Waals surface area contributed by atoms with Crippen LogP contribution in [0.2, 0.25) is 0 Å². The van der Waals surface area contributed by atoms with Crippen LogP contribution in [0.1, 0.15) is 37.0 Å². The molecule has 3 N–H and O–H groups in total. The molecule has 0 saturated carbocycles. The molecule has 1 aromatic rings. The number of carbonyl (C=O) groups excluding carboxylic acids is 4. The summed E-state index contributed by atoms with van der Waals surface area (Å²) in [5, 5.41) is 7.58. The van der Waals surface area contributed by atoms with E-state index in [-0.39, 0.29) is 29.8 Å². The number of nitrogens with zero attached hydrogens (tertiary/aromatic N) is 1. The molecule has 1 fully saturated rings. The molecule has 1 aromatic carbocycles. The zero-order chi connectivity index (χ0) is 21.6. The van der Waals surface area contributed by atoms with Crippen molar-refractivity contribution < 1.29 is 23.6 Å². The molecule has 2 atom stereocenters. The number of carbonyl (C=O) groups is 4. The van der Waals surface area contributed by atoms with E-state index in [1.54, 1.807) is 13.8 Å². The van der Waals surface area contributed by atoms with Gasteiger partial charge in [-0.05, 0) is 30.9 Å². The number of hydrogen-bond donors (Lipinski definition) is 3. The number of benzene rings is 1. The third-order valence-electron chi connectivity index (χ3n) is 4.89. The van der Waals surface area contributed by atoms with Crippen molar-refractivity contribution in [3.8, 4) is 0 Å². The molecule has 29 heavy (non-hydrogen) atoms. The Morgan fingerprint density at radius 2 is 1.90 bits per heavy atom. The molecule has 1 saturated heterocycles. The minimum Gasteiger partial charge on any atom is -0.357 e. The molecular formula is C20H27FN4O4. The fraction of sp³-hybridized carbons (Fsp3) is 0.500. The Bertz CT molecular complexity index is 783. The SMILES string of the molecule is CNC(=O)C1CCCN1C(=O)CNC(=O)C(NC(=O)c1ccccc1F)C(C)C. The fourth-order valence-electron chi connectivity index (χ4n) is 3.28. The summed E-state index contributed by atoms with van der Waals surface area (Å²) in [5.74, 6) is -2.83. The Morgan fingerprint density at radius 3 is 2.52 bits per heavy atom. The van der Waals surface area contributed by atoms with Gasteiger partial charge >= 0.3 is 0 Å². The van der Waals surface area contributed by atoms with E-state index in [2.05, 4.69) is 16.0 Å². The molecule has 0 bridgehead atoms. The Hall–Kier alpha value is -2.97. The third-order valence-corrected chi connectivity index (χ3v) is 4.89. The minimum atomic E-state index is -0.941. The van der Waals surface area contributed by atoms with Crippen molar-refractivity contribution in [3.63, 3.8) is 0 Å². The highest BCUT2D eigenvalue weighted by atomic mass is 19.1. The van der Waals surface area contributed by atoms with E-state index in [1.807, 2.05) is 0 Å². The molecule has 9 heteroatoms. The van der Waals surface area contributed by atoms with Crippen molar-refractivity contribution in [1.82, 2.24) is 20.9 Å². The fourth-order valence-corrected chi connectivity index (χ4v) is 3.28. The van der Waals surface area contributed by atoms with Gasteiger partial charge in [0.15, 0.2) is 0 Å². The standard InChI is InChI=1S/C20H27FN4O4/c1-12(2)17(24-18(27)13-7-4-5-8-14(13)21)20(29)23-11-16(26)25-10-6-9-15(25)19(28)22-3/h4-5,7-8,12,15,17H,6,9-11H2,1-3H3,(H,22,28)(H,23,29)(H,24,27). The van der Waals surface area contributed by atoms with Crippen LogP contribution in [0.5, 0.6) is 0 Å². The van der Waals surface area contributed by atoms with Gasteiger partial charge in [0.2, 0.25) is 17.7 Å². The van der Waals surface area contributed by atoms with Crippen molar-refractivity contribution in [3.05, 3.63) is 35.6 Å². The largest absolute Gasteiger partial charge is 0.357 e. The molecule has 1 aliphatic rings. The van der Waals surface area contributed by atoms with Gasteiger partial charge in [0.05, 0.1) is 12.1 Å². The van der Waals surface area contributed by atoms with Crippen LogP contribution in [0.3, 0.4) is 0 Å². The summed E-state index contributed by atoms with van der Waals surface area (Å²) in [6.45, 7) is 3.63. The zero-order valence-corrected chi connectivity index (χ0v) is 16.8. The summed E-state index contributed by atoms with van der Waals surface area (Å²) in [5.41, 5.74) is -0.160. The Balaban J connectivity index is 1.97. The monoisotopic (exact) mass is 406 g/mol. The van der Waals surface area contributed by atoms with Gasteiger partial charge in [-0.2, -0.15) is 0 Å². The van der Waals surface area contributed by atoms with Crippen LogP contribution in [0, 0.1) is 11.7 Å². The van der Waals surface area contributed by atoms with E-state index in [1.165, 1.54) is 30.1 Å². The average Bonchev–Trinajstić information content (AvgIpc) is 3.19. The lowest BCUT2D eigenvalue weighted by Gasteiger charge is -2.25. The normalized spacial score (nSPS) is 17.0. The molecule has 1 heterocycles. The summed E-state index contributed by atoms with van der Waals surface area (Å²) in [6, 6.07) is 4.01. The molecule has 4 amide bonds. The van der Waals surface area contributed by atoms with Crippen LogP contribution >= 0.6 is 0 Å². The first-order valence-corrected chi connectivity index (χ1v) is 9.60. The molecule has 0 spiro atoms. The summed E-state index contributed by atoms with van der Waals surface area (Å²) in [7, 11) is 1.51. The highest BCUT2D eigenvalue weighted by Crippen LogP contribution is 2.17. The maximum Gasteiger partial charge on any atom is 0.254 e. The van der Waals surface area contributed by atoms with Crippen LogP contribution in [0.4, 0.5) is 4.39 Å². The van der Waals surface area contributed by atoms with E-state index < -0.39 is 29.7 Å². The Morgan fingerprint density at radius 1 is 1.21 bits per heavy atom. The molecule has 0 aromatic heterocycles. The topological polar surface area (TPSA) is 108 Å². The molecule has 2 unspecified atom stereocenters.